The van der Waals surface area contributed by atoms with Crippen LogP contribution in [0.15, 0.2) is 0 Å². The maximum atomic E-state index is 12.9. The minimum absolute atomic E-state index is 0.0593. The molecule has 43 heavy (non-hydrogen) atoms. The van der Waals surface area contributed by atoms with Crippen LogP contribution in [-0.2, 0) is 4.74 Å². The first-order valence-electron chi connectivity index (χ1n) is 18.9. The first-order chi connectivity index (χ1) is 21.2. The van der Waals surface area contributed by atoms with Gasteiger partial charge in [0.2, 0.25) is 0 Å². The van der Waals surface area contributed by atoms with Crippen LogP contribution in [0.2, 0.25) is 0 Å². The number of rotatable bonds is 26. The molecule has 0 bridgehead atoms. The van der Waals surface area contributed by atoms with E-state index in [0.29, 0.717) is 13.2 Å². The summed E-state index contributed by atoms with van der Waals surface area (Å²) in [6, 6.07) is 0.224. The highest BCUT2D eigenvalue weighted by atomic mass is 16.5. The first kappa shape index (κ1) is 37.7. The summed E-state index contributed by atoms with van der Waals surface area (Å²) < 4.78 is 5.44. The second-order valence-corrected chi connectivity index (χ2v) is 13.3. The van der Waals surface area contributed by atoms with Crippen molar-refractivity contribution in [3.05, 3.63) is 0 Å². The van der Waals surface area contributed by atoms with E-state index in [9.17, 15) is 9.59 Å². The highest BCUT2D eigenvalue weighted by molar-refractivity contribution is 5.74. The maximum absolute atomic E-state index is 12.9. The molecule has 0 aromatic heterocycles. The zero-order valence-corrected chi connectivity index (χ0v) is 28.3. The molecule has 0 aromatic carbocycles. The van der Waals surface area contributed by atoms with Crippen molar-refractivity contribution in [2.75, 3.05) is 45.9 Å². The van der Waals surface area contributed by atoms with Gasteiger partial charge in [0.1, 0.15) is 0 Å². The second kappa shape index (κ2) is 26.9. The van der Waals surface area contributed by atoms with Gasteiger partial charge < -0.3 is 25.2 Å². The monoisotopic (exact) mass is 607 g/mol. The minimum atomic E-state index is -0.324. The van der Waals surface area contributed by atoms with Crippen molar-refractivity contribution >= 4 is 12.1 Å². The van der Waals surface area contributed by atoms with Crippen molar-refractivity contribution in [2.45, 2.75) is 173 Å². The summed E-state index contributed by atoms with van der Waals surface area (Å²) in [6.45, 7) is 8.60. The number of carbonyl (C=O) groups excluding carboxylic acids is 2. The molecule has 1 unspecified atom stereocenters. The van der Waals surface area contributed by atoms with E-state index in [1.165, 1.54) is 135 Å². The van der Waals surface area contributed by atoms with Crippen molar-refractivity contribution in [1.82, 2.24) is 20.4 Å². The van der Waals surface area contributed by atoms with Gasteiger partial charge in [-0.1, -0.05) is 110 Å². The Bertz CT molecular complexity index is 671. The van der Waals surface area contributed by atoms with Crippen LogP contribution < -0.4 is 10.6 Å². The molecule has 2 aliphatic heterocycles. The summed E-state index contributed by atoms with van der Waals surface area (Å²) in [6.07, 6.45) is 31.4. The second-order valence-electron chi connectivity index (χ2n) is 13.3. The fraction of sp³-hybridized carbons (Fsp3) is 0.944. The molecule has 0 aliphatic carbocycles. The topological polar surface area (TPSA) is 73.9 Å². The van der Waals surface area contributed by atoms with Crippen molar-refractivity contribution in [3.8, 4) is 0 Å². The van der Waals surface area contributed by atoms with E-state index in [-0.39, 0.29) is 18.2 Å². The Morgan fingerprint density at radius 2 is 1.14 bits per heavy atom. The van der Waals surface area contributed by atoms with Gasteiger partial charge in [0.15, 0.2) is 0 Å². The van der Waals surface area contributed by atoms with Gasteiger partial charge >= 0.3 is 12.1 Å². The zero-order valence-electron chi connectivity index (χ0n) is 28.3. The molecule has 0 spiro atoms. The summed E-state index contributed by atoms with van der Waals surface area (Å²) in [5, 5.41) is 6.05. The van der Waals surface area contributed by atoms with Gasteiger partial charge in [0.05, 0.1) is 6.61 Å². The molecular formula is C36H70N4O3. The van der Waals surface area contributed by atoms with Gasteiger partial charge in [-0.25, -0.2) is 9.59 Å². The van der Waals surface area contributed by atoms with Gasteiger partial charge in [-0.05, 0) is 71.0 Å². The SMILES string of the molecule is CCCCCCCCCCCCCCCCCCNC(=O)N1CCCCC1CCOC(=O)NCCCCCN1CCCC1. The molecule has 7 heteroatoms. The molecule has 0 saturated carbocycles. The third-order valence-electron chi connectivity index (χ3n) is 9.50. The molecule has 3 amide bonds. The van der Waals surface area contributed by atoms with E-state index >= 15 is 0 Å². The number of nitrogens with zero attached hydrogens (tertiary/aromatic N) is 2. The predicted molar refractivity (Wildman–Crippen MR) is 181 cm³/mol. The Morgan fingerprint density at radius 1 is 0.628 bits per heavy atom. The average molecular weight is 607 g/mol. The predicted octanol–water partition coefficient (Wildman–Crippen LogP) is 9.19. The number of piperidine rings is 1. The van der Waals surface area contributed by atoms with Crippen molar-refractivity contribution in [1.29, 1.82) is 0 Å². The first-order valence-corrected chi connectivity index (χ1v) is 18.9. The van der Waals surface area contributed by atoms with Crippen LogP contribution in [0, 0.1) is 0 Å². The number of hydrogen-bond donors (Lipinski definition) is 2. The number of alkyl carbamates (subject to hydrolysis) is 1. The summed E-state index contributed by atoms with van der Waals surface area (Å²) >= 11 is 0. The van der Waals surface area contributed by atoms with Gasteiger partial charge in [-0.3, -0.25) is 0 Å². The van der Waals surface area contributed by atoms with Crippen LogP contribution in [0.5, 0.6) is 0 Å². The average Bonchev–Trinajstić information content (AvgIpc) is 3.54. The van der Waals surface area contributed by atoms with E-state index in [2.05, 4.69) is 22.5 Å². The highest BCUT2D eigenvalue weighted by Crippen LogP contribution is 2.20. The molecule has 0 radical (unpaired) electrons. The number of likely N-dealkylation sites (tertiary alicyclic amines) is 2. The number of nitrogens with one attached hydrogen (secondary N) is 2. The molecule has 1 atom stereocenters. The number of carbonyl (C=O) groups is 2. The molecule has 2 rings (SSSR count). The Balaban J connectivity index is 1.38. The van der Waals surface area contributed by atoms with Gasteiger partial charge in [-0.2, -0.15) is 0 Å². The Hall–Kier alpha value is -1.50. The third-order valence-corrected chi connectivity index (χ3v) is 9.50. The fourth-order valence-corrected chi connectivity index (χ4v) is 6.71. The lowest BCUT2D eigenvalue weighted by atomic mass is 10.00. The van der Waals surface area contributed by atoms with Crippen molar-refractivity contribution < 1.29 is 14.3 Å². The number of urea groups is 1. The normalized spacial score (nSPS) is 17.3. The smallest absolute Gasteiger partial charge is 0.407 e. The molecule has 7 nitrogen and oxygen atoms in total. The number of amides is 3. The van der Waals surface area contributed by atoms with Crippen LogP contribution in [0.25, 0.3) is 0 Å². The van der Waals surface area contributed by atoms with Crippen LogP contribution in [0.3, 0.4) is 0 Å². The lowest BCUT2D eigenvalue weighted by molar-refractivity contribution is 0.111. The number of ether oxygens (including phenoxy) is 1. The largest absolute Gasteiger partial charge is 0.449 e. The summed E-state index contributed by atoms with van der Waals surface area (Å²) in [5.41, 5.74) is 0. The Morgan fingerprint density at radius 3 is 1.74 bits per heavy atom. The van der Waals surface area contributed by atoms with Gasteiger partial charge in [-0.15, -0.1) is 0 Å². The maximum Gasteiger partial charge on any atom is 0.407 e. The van der Waals surface area contributed by atoms with E-state index in [4.69, 9.17) is 4.74 Å². The molecule has 2 N–H and O–H groups in total. The summed E-state index contributed by atoms with van der Waals surface area (Å²) in [7, 11) is 0. The standard InChI is InChI=1S/C36H70N4O3/c1-2-3-4-5-6-7-8-9-10-11-12-13-14-15-16-19-27-37-35(41)40-32-22-18-25-34(40)26-33-43-36(42)38-28-20-17-21-29-39-30-23-24-31-39/h34H,2-33H2,1H3,(H,37,41)(H,38,42). The molecule has 2 aliphatic rings. The molecule has 0 aromatic rings. The van der Waals surface area contributed by atoms with Crippen LogP contribution in [-0.4, -0.2) is 73.8 Å². The van der Waals surface area contributed by atoms with Crippen LogP contribution >= 0.6 is 0 Å². The minimum Gasteiger partial charge on any atom is -0.449 e. The lowest BCUT2D eigenvalue weighted by Gasteiger charge is -2.35. The number of hydrogen-bond acceptors (Lipinski definition) is 4. The number of unbranched alkanes of at least 4 members (excludes halogenated alkanes) is 17. The molecule has 2 saturated heterocycles. The van der Waals surface area contributed by atoms with Crippen molar-refractivity contribution in [2.24, 2.45) is 0 Å². The molecule has 2 heterocycles. The van der Waals surface area contributed by atoms with Crippen molar-refractivity contribution in [3.63, 3.8) is 0 Å². The Kier molecular flexibility index (Phi) is 23.5. The van der Waals surface area contributed by atoms with Gasteiger partial charge in [0, 0.05) is 32.1 Å². The highest BCUT2D eigenvalue weighted by Gasteiger charge is 2.26. The van der Waals surface area contributed by atoms with E-state index in [1.54, 1.807) is 0 Å². The molecular weight excluding hydrogens is 536 g/mol. The zero-order chi connectivity index (χ0) is 30.6. The lowest BCUT2D eigenvalue weighted by Crippen LogP contribution is -2.49. The van der Waals surface area contributed by atoms with E-state index in [0.717, 1.165) is 58.0 Å². The molecule has 252 valence electrons. The van der Waals surface area contributed by atoms with Crippen LogP contribution in [0.1, 0.15) is 167 Å². The Labute approximate surface area is 266 Å². The van der Waals surface area contributed by atoms with Crippen LogP contribution in [0.4, 0.5) is 9.59 Å². The fourth-order valence-electron chi connectivity index (χ4n) is 6.71. The quantitative estimate of drug-likeness (QED) is 0.0963. The summed E-state index contributed by atoms with van der Waals surface area (Å²) in [5.74, 6) is 0. The van der Waals surface area contributed by atoms with E-state index in [1.807, 2.05) is 4.90 Å². The molecule has 2 fully saturated rings. The van der Waals surface area contributed by atoms with Gasteiger partial charge in [0.25, 0.3) is 0 Å². The summed E-state index contributed by atoms with van der Waals surface area (Å²) in [4.78, 5) is 29.5. The van der Waals surface area contributed by atoms with E-state index < -0.39 is 0 Å². The third kappa shape index (κ3) is 20.2.